The third-order valence-electron chi connectivity index (χ3n) is 6.64. The van der Waals surface area contributed by atoms with Crippen molar-refractivity contribution in [2.75, 3.05) is 0 Å². The SMILES string of the molecule is NCc1ccc2[nH]cc(CC(=O)N[C@@H](CC3=CC(F)CC(F)=C3)c3ncccc3-c3ccc(Cl)cc3)c2c1. The van der Waals surface area contributed by atoms with Crippen molar-refractivity contribution in [1.82, 2.24) is 15.3 Å². The second kappa shape index (κ2) is 11.3. The minimum atomic E-state index is -1.41. The summed E-state index contributed by atoms with van der Waals surface area (Å²) in [5.74, 6) is -0.757. The summed E-state index contributed by atoms with van der Waals surface area (Å²) in [6.45, 7) is 0.400. The fraction of sp³-hybridized carbons (Fsp3) is 0.200. The molecular formula is C30H27ClF2N4O. The predicted octanol–water partition coefficient (Wildman–Crippen LogP) is 6.65. The molecule has 0 saturated heterocycles. The quantitative estimate of drug-likeness (QED) is 0.237. The maximum atomic E-state index is 14.2. The highest BCUT2D eigenvalue weighted by Crippen LogP contribution is 2.33. The van der Waals surface area contributed by atoms with E-state index >= 15 is 0 Å². The Morgan fingerprint density at radius 3 is 2.79 bits per heavy atom. The Kier molecular flexibility index (Phi) is 7.67. The van der Waals surface area contributed by atoms with Gasteiger partial charge in [0.25, 0.3) is 0 Å². The van der Waals surface area contributed by atoms with Crippen molar-refractivity contribution in [1.29, 1.82) is 0 Å². The van der Waals surface area contributed by atoms with Crippen LogP contribution in [0.3, 0.4) is 0 Å². The molecule has 38 heavy (non-hydrogen) atoms. The number of aromatic amines is 1. The number of nitrogens with zero attached hydrogens (tertiary/aromatic N) is 1. The summed E-state index contributed by atoms with van der Waals surface area (Å²) < 4.78 is 28.3. The first-order valence-corrected chi connectivity index (χ1v) is 12.8. The first kappa shape index (κ1) is 25.8. The molecule has 1 aliphatic carbocycles. The first-order valence-electron chi connectivity index (χ1n) is 12.4. The van der Waals surface area contributed by atoms with Crippen LogP contribution in [0.1, 0.15) is 35.7 Å². The highest BCUT2D eigenvalue weighted by Gasteiger charge is 2.24. The number of pyridine rings is 1. The largest absolute Gasteiger partial charge is 0.361 e. The lowest BCUT2D eigenvalue weighted by atomic mass is 9.92. The average Bonchev–Trinajstić information content (AvgIpc) is 3.29. The van der Waals surface area contributed by atoms with Crippen molar-refractivity contribution in [3.05, 3.63) is 112 Å². The topological polar surface area (TPSA) is 83.8 Å². The standard InChI is InChI=1S/C30H27ClF2N4O/c31-22-6-4-20(5-7-22)25-2-1-9-35-30(25)28(13-19-10-23(32)15-24(33)11-19)37-29(38)14-21-17-36-27-8-3-18(16-34)12-26(21)27/h1-12,17,23,28,36H,13-16,34H2,(H,37,38)/t23?,28-/m0/s1. The predicted molar refractivity (Wildman–Crippen MR) is 147 cm³/mol. The van der Waals surface area contributed by atoms with E-state index in [1.165, 1.54) is 12.2 Å². The fourth-order valence-electron chi connectivity index (χ4n) is 4.85. The zero-order valence-corrected chi connectivity index (χ0v) is 21.3. The van der Waals surface area contributed by atoms with Gasteiger partial charge in [0.15, 0.2) is 0 Å². The van der Waals surface area contributed by atoms with Crippen LogP contribution >= 0.6 is 11.6 Å². The number of benzene rings is 2. The smallest absolute Gasteiger partial charge is 0.225 e. The highest BCUT2D eigenvalue weighted by molar-refractivity contribution is 6.30. The van der Waals surface area contributed by atoms with Gasteiger partial charge >= 0.3 is 0 Å². The van der Waals surface area contributed by atoms with Gasteiger partial charge in [-0.25, -0.2) is 8.78 Å². The molecule has 5 rings (SSSR count). The number of carbonyl (C=O) groups excluding carboxylic acids is 1. The molecule has 0 spiro atoms. The van der Waals surface area contributed by atoms with Crippen molar-refractivity contribution in [2.24, 2.45) is 5.73 Å². The van der Waals surface area contributed by atoms with Crippen LogP contribution < -0.4 is 11.1 Å². The molecule has 0 saturated carbocycles. The number of H-pyrrole nitrogens is 1. The second-order valence-electron chi connectivity index (χ2n) is 9.39. The number of nitrogens with two attached hydrogens (primary N) is 1. The number of hydrogen-bond acceptors (Lipinski definition) is 3. The Morgan fingerprint density at radius 2 is 2.03 bits per heavy atom. The van der Waals surface area contributed by atoms with Crippen LogP contribution in [0.4, 0.5) is 8.78 Å². The van der Waals surface area contributed by atoms with Crippen LogP contribution in [-0.4, -0.2) is 22.0 Å². The summed E-state index contributed by atoms with van der Waals surface area (Å²) in [5, 5.41) is 4.61. The van der Waals surface area contributed by atoms with E-state index in [0.29, 0.717) is 22.8 Å². The van der Waals surface area contributed by atoms with E-state index in [4.69, 9.17) is 17.3 Å². The molecule has 1 unspecified atom stereocenters. The van der Waals surface area contributed by atoms with Crippen LogP contribution in [0, 0.1) is 0 Å². The van der Waals surface area contributed by atoms with Crippen molar-refractivity contribution < 1.29 is 13.6 Å². The molecule has 2 atom stereocenters. The molecule has 194 valence electrons. The number of aromatic nitrogens is 2. The minimum Gasteiger partial charge on any atom is -0.361 e. The Hall–Kier alpha value is -3.81. The van der Waals surface area contributed by atoms with E-state index in [1.54, 1.807) is 18.3 Å². The third kappa shape index (κ3) is 5.85. The van der Waals surface area contributed by atoms with Gasteiger partial charge in [0.2, 0.25) is 5.91 Å². The molecule has 5 nitrogen and oxygen atoms in total. The number of carbonyl (C=O) groups is 1. The van der Waals surface area contributed by atoms with Crippen molar-refractivity contribution in [2.45, 2.75) is 38.0 Å². The number of rotatable bonds is 8. The molecule has 0 bridgehead atoms. The zero-order chi connectivity index (χ0) is 26.6. The van der Waals surface area contributed by atoms with E-state index in [2.05, 4.69) is 15.3 Å². The molecule has 0 aliphatic heterocycles. The van der Waals surface area contributed by atoms with Crippen molar-refractivity contribution in [3.8, 4) is 11.1 Å². The highest BCUT2D eigenvalue weighted by atomic mass is 35.5. The number of nitrogens with one attached hydrogen (secondary N) is 2. The maximum absolute atomic E-state index is 14.2. The number of halogens is 3. The van der Waals surface area contributed by atoms with E-state index < -0.39 is 18.0 Å². The third-order valence-corrected chi connectivity index (χ3v) is 6.90. The number of alkyl halides is 1. The second-order valence-corrected chi connectivity index (χ2v) is 9.83. The lowest BCUT2D eigenvalue weighted by Crippen LogP contribution is -2.31. The van der Waals surface area contributed by atoms with Gasteiger partial charge in [-0.1, -0.05) is 35.9 Å². The lowest BCUT2D eigenvalue weighted by molar-refractivity contribution is -0.121. The molecular weight excluding hydrogens is 506 g/mol. The van der Waals surface area contributed by atoms with Crippen LogP contribution in [0.5, 0.6) is 0 Å². The minimum absolute atomic E-state index is 0.114. The molecule has 0 radical (unpaired) electrons. The Balaban J connectivity index is 1.47. The molecule has 0 fully saturated rings. The van der Waals surface area contributed by atoms with Gasteiger partial charge in [0.05, 0.1) is 18.2 Å². The Bertz CT molecular complexity index is 1530. The van der Waals surface area contributed by atoms with Crippen LogP contribution in [0.25, 0.3) is 22.0 Å². The van der Waals surface area contributed by atoms with E-state index in [9.17, 15) is 13.6 Å². The van der Waals surface area contributed by atoms with E-state index in [0.717, 1.165) is 33.2 Å². The van der Waals surface area contributed by atoms with E-state index in [-0.39, 0.29) is 25.2 Å². The Morgan fingerprint density at radius 1 is 1.21 bits per heavy atom. The summed E-state index contributed by atoms with van der Waals surface area (Å²) in [7, 11) is 0. The molecule has 2 aromatic heterocycles. The normalized spacial score (nSPS) is 16.2. The lowest BCUT2D eigenvalue weighted by Gasteiger charge is -2.23. The van der Waals surface area contributed by atoms with Crippen molar-refractivity contribution >= 4 is 28.4 Å². The summed E-state index contributed by atoms with van der Waals surface area (Å²) in [6.07, 6.45) is 4.82. The zero-order valence-electron chi connectivity index (χ0n) is 20.6. The monoisotopic (exact) mass is 532 g/mol. The van der Waals surface area contributed by atoms with Gasteiger partial charge < -0.3 is 16.0 Å². The molecule has 2 heterocycles. The van der Waals surface area contributed by atoms with Gasteiger partial charge in [-0.15, -0.1) is 0 Å². The van der Waals surface area contributed by atoms with Crippen LogP contribution in [0.2, 0.25) is 5.02 Å². The molecule has 1 aliphatic rings. The maximum Gasteiger partial charge on any atom is 0.225 e. The molecule has 8 heteroatoms. The van der Waals surface area contributed by atoms with Crippen molar-refractivity contribution in [3.63, 3.8) is 0 Å². The molecule has 4 aromatic rings. The van der Waals surface area contributed by atoms with Gasteiger partial charge in [0, 0.05) is 46.8 Å². The van der Waals surface area contributed by atoms with Crippen LogP contribution in [0.15, 0.2) is 90.5 Å². The number of hydrogen-bond donors (Lipinski definition) is 3. The van der Waals surface area contributed by atoms with Gasteiger partial charge in [-0.2, -0.15) is 0 Å². The fourth-order valence-corrected chi connectivity index (χ4v) is 4.98. The number of amides is 1. The number of fused-ring (bicyclic) bond motifs is 1. The molecule has 4 N–H and O–H groups in total. The summed E-state index contributed by atoms with van der Waals surface area (Å²) in [5.41, 5.74) is 11.3. The average molecular weight is 533 g/mol. The number of allylic oxidation sites excluding steroid dienone is 3. The summed E-state index contributed by atoms with van der Waals surface area (Å²) >= 11 is 6.09. The van der Waals surface area contributed by atoms with Gasteiger partial charge in [-0.05, 0) is 71.2 Å². The Labute approximate surface area is 224 Å². The van der Waals surface area contributed by atoms with Gasteiger partial charge in [0.1, 0.15) is 12.0 Å². The molecule has 1 amide bonds. The molecule has 2 aromatic carbocycles. The van der Waals surface area contributed by atoms with E-state index in [1.807, 2.05) is 48.7 Å². The summed E-state index contributed by atoms with van der Waals surface area (Å²) in [4.78, 5) is 21.2. The first-order chi connectivity index (χ1) is 18.4. The summed E-state index contributed by atoms with van der Waals surface area (Å²) in [6, 6.07) is 16.3. The van der Waals surface area contributed by atoms with Gasteiger partial charge in [-0.3, -0.25) is 9.78 Å². The van der Waals surface area contributed by atoms with Crippen LogP contribution in [-0.2, 0) is 17.8 Å².